The first-order valence-electron chi connectivity index (χ1n) is 11.1. The van der Waals surface area contributed by atoms with E-state index in [1.807, 2.05) is 0 Å². The maximum atomic E-state index is 14.0. The largest absolute Gasteiger partial charge is 0.486 e. The molecule has 0 atom stereocenters. The molecule has 0 fully saturated rings. The summed E-state index contributed by atoms with van der Waals surface area (Å²) in [6.07, 6.45) is 4.04. The fraction of sp³-hybridized carbons (Fsp3) is 0.308. The van der Waals surface area contributed by atoms with Crippen molar-refractivity contribution in [2.75, 3.05) is 0 Å². The number of halogens is 3. The third kappa shape index (κ3) is 4.09. The second kappa shape index (κ2) is 8.96. The lowest BCUT2D eigenvalue weighted by Gasteiger charge is -2.37. The zero-order valence-corrected chi connectivity index (χ0v) is 19.4. The number of rotatable bonds is 4. The topological polar surface area (TPSA) is 55.4 Å². The summed E-state index contributed by atoms with van der Waals surface area (Å²) in [7, 11) is 0. The first-order valence-corrected chi connectivity index (χ1v) is 11.8. The maximum Gasteiger partial charge on any atom is 0.161 e. The number of carbonyl (C=O) groups is 2. The van der Waals surface area contributed by atoms with Gasteiger partial charge in [-0.2, -0.15) is 0 Å². The summed E-state index contributed by atoms with van der Waals surface area (Å²) in [6, 6.07) is 9.74. The van der Waals surface area contributed by atoms with Gasteiger partial charge in [-0.05, 0) is 49.4 Å². The van der Waals surface area contributed by atoms with Crippen LogP contribution in [-0.2, 0) is 16.2 Å². The minimum Gasteiger partial charge on any atom is -0.486 e. The maximum absolute atomic E-state index is 14.0. The van der Waals surface area contributed by atoms with Crippen LogP contribution < -0.4 is 10.1 Å². The van der Waals surface area contributed by atoms with Crippen LogP contribution in [0.3, 0.4) is 0 Å². The molecule has 33 heavy (non-hydrogen) atoms. The molecule has 0 bridgehead atoms. The van der Waals surface area contributed by atoms with E-state index in [0.29, 0.717) is 35.1 Å². The van der Waals surface area contributed by atoms with Gasteiger partial charge in [0.25, 0.3) is 0 Å². The second-order valence-electron chi connectivity index (χ2n) is 8.59. The number of Topliss-reactive ketones (excluding diaryl/α,β-unsaturated/α-hetero) is 2. The van der Waals surface area contributed by atoms with Crippen LogP contribution >= 0.6 is 23.2 Å². The summed E-state index contributed by atoms with van der Waals surface area (Å²) in [5.41, 5.74) is 4.16. The van der Waals surface area contributed by atoms with E-state index in [0.717, 1.165) is 37.1 Å². The number of nitrogens with one attached hydrogen (secondary N) is 1. The third-order valence-electron chi connectivity index (χ3n) is 6.48. The Balaban J connectivity index is 1.54. The van der Waals surface area contributed by atoms with Gasteiger partial charge in [-0.3, -0.25) is 9.59 Å². The molecule has 5 rings (SSSR count). The van der Waals surface area contributed by atoms with Crippen LogP contribution in [0.1, 0.15) is 55.6 Å². The minimum absolute atomic E-state index is 0.0274. The molecule has 170 valence electrons. The van der Waals surface area contributed by atoms with E-state index in [2.05, 4.69) is 5.32 Å². The first-order chi connectivity index (χ1) is 15.9. The van der Waals surface area contributed by atoms with Gasteiger partial charge in [0.15, 0.2) is 17.3 Å². The highest BCUT2D eigenvalue weighted by atomic mass is 35.5. The van der Waals surface area contributed by atoms with Crippen molar-refractivity contribution in [3.8, 4) is 5.75 Å². The van der Waals surface area contributed by atoms with Crippen LogP contribution in [0.2, 0.25) is 10.0 Å². The van der Waals surface area contributed by atoms with Crippen LogP contribution in [0, 0.1) is 5.82 Å². The summed E-state index contributed by atoms with van der Waals surface area (Å²) in [5.74, 6) is -0.529. The standard InChI is InChI=1S/C26H22Cl2FNO3/c27-16-11-15(12-17(28)26(16)33-13-14-5-1-2-6-18(14)29)23-24-19(7-3-9-21(24)31)30-20-8-4-10-22(32)25(20)23/h1-2,5-6,11-12,23,30H,3-4,7-10,13H2. The molecule has 1 N–H and O–H groups in total. The molecule has 0 unspecified atom stereocenters. The predicted octanol–water partition coefficient (Wildman–Crippen LogP) is 6.41. The van der Waals surface area contributed by atoms with Gasteiger partial charge >= 0.3 is 0 Å². The summed E-state index contributed by atoms with van der Waals surface area (Å²) < 4.78 is 19.7. The number of carbonyl (C=O) groups excluding carboxylic acids is 2. The monoisotopic (exact) mass is 485 g/mol. The van der Waals surface area contributed by atoms with Gasteiger partial charge in [-0.15, -0.1) is 0 Å². The molecule has 0 saturated carbocycles. The van der Waals surface area contributed by atoms with Gasteiger partial charge in [0.05, 0.1) is 10.0 Å². The van der Waals surface area contributed by atoms with Gasteiger partial charge < -0.3 is 10.1 Å². The van der Waals surface area contributed by atoms with Crippen LogP contribution in [0.4, 0.5) is 4.39 Å². The van der Waals surface area contributed by atoms with Crippen molar-refractivity contribution in [2.45, 2.75) is 51.0 Å². The fourth-order valence-corrected chi connectivity index (χ4v) is 5.58. The van der Waals surface area contributed by atoms with E-state index in [1.165, 1.54) is 6.07 Å². The molecule has 2 aromatic carbocycles. The number of hydrogen-bond donors (Lipinski definition) is 1. The molecule has 1 heterocycles. The Morgan fingerprint density at radius 3 is 2.06 bits per heavy atom. The van der Waals surface area contributed by atoms with Gasteiger partial charge in [0.1, 0.15) is 12.4 Å². The minimum atomic E-state index is -0.493. The Labute approximate surface area is 201 Å². The second-order valence-corrected chi connectivity index (χ2v) is 9.40. The van der Waals surface area contributed by atoms with Crippen LogP contribution in [0.15, 0.2) is 58.9 Å². The van der Waals surface area contributed by atoms with Gasteiger partial charge in [-0.1, -0.05) is 41.4 Å². The Morgan fingerprint density at radius 2 is 1.48 bits per heavy atom. The van der Waals surface area contributed by atoms with Gasteiger partial charge in [0.2, 0.25) is 0 Å². The molecule has 1 aliphatic heterocycles. The third-order valence-corrected chi connectivity index (χ3v) is 7.04. The highest BCUT2D eigenvalue weighted by Crippen LogP contribution is 2.47. The van der Waals surface area contributed by atoms with Crippen molar-refractivity contribution >= 4 is 34.8 Å². The molecule has 0 radical (unpaired) electrons. The molecule has 0 spiro atoms. The average Bonchev–Trinajstić information content (AvgIpc) is 2.78. The number of ketones is 2. The van der Waals surface area contributed by atoms with E-state index in [1.54, 1.807) is 30.3 Å². The first kappa shape index (κ1) is 22.2. The quantitative estimate of drug-likeness (QED) is 0.543. The molecular weight excluding hydrogens is 464 g/mol. The lowest BCUT2D eigenvalue weighted by atomic mass is 9.71. The molecule has 2 aromatic rings. The predicted molar refractivity (Wildman–Crippen MR) is 125 cm³/mol. The molecule has 2 aliphatic carbocycles. The molecule has 0 saturated heterocycles. The van der Waals surface area contributed by atoms with E-state index in [-0.39, 0.29) is 39.8 Å². The van der Waals surface area contributed by atoms with Crippen molar-refractivity contribution in [1.29, 1.82) is 0 Å². The Morgan fingerprint density at radius 1 is 0.909 bits per heavy atom. The zero-order valence-electron chi connectivity index (χ0n) is 17.8. The average molecular weight is 486 g/mol. The smallest absolute Gasteiger partial charge is 0.161 e. The van der Waals surface area contributed by atoms with E-state index in [9.17, 15) is 14.0 Å². The summed E-state index contributed by atoms with van der Waals surface area (Å²) in [5, 5.41) is 3.90. The molecule has 7 heteroatoms. The number of benzene rings is 2. The Hall–Kier alpha value is -2.63. The SMILES string of the molecule is O=C1CCCC2=C1C(c1cc(Cl)c(OCc3ccccc3F)c(Cl)c1)C1=C(CCCC1=O)N2. The molecular formula is C26H22Cl2FNO3. The number of ether oxygens (including phenoxy) is 1. The summed E-state index contributed by atoms with van der Waals surface area (Å²) in [4.78, 5) is 25.9. The van der Waals surface area contributed by atoms with E-state index < -0.39 is 5.92 Å². The summed E-state index contributed by atoms with van der Waals surface area (Å²) in [6.45, 7) is -0.0274. The molecule has 3 aliphatic rings. The normalized spacial score (nSPS) is 18.8. The number of allylic oxidation sites excluding steroid dienone is 4. The fourth-order valence-electron chi connectivity index (χ4n) is 4.97. The van der Waals surface area contributed by atoms with Crippen molar-refractivity contribution in [3.63, 3.8) is 0 Å². The van der Waals surface area contributed by atoms with Crippen LogP contribution in [0.5, 0.6) is 5.75 Å². The van der Waals surface area contributed by atoms with Crippen LogP contribution in [0.25, 0.3) is 0 Å². The van der Waals surface area contributed by atoms with Gasteiger partial charge in [-0.25, -0.2) is 4.39 Å². The van der Waals surface area contributed by atoms with Crippen molar-refractivity contribution < 1.29 is 18.7 Å². The Bertz CT molecular complexity index is 1170. The van der Waals surface area contributed by atoms with Crippen molar-refractivity contribution in [1.82, 2.24) is 5.32 Å². The Kier molecular flexibility index (Phi) is 6.02. The lowest BCUT2D eigenvalue weighted by molar-refractivity contribution is -0.116. The van der Waals surface area contributed by atoms with Crippen LogP contribution in [-0.4, -0.2) is 11.6 Å². The molecule has 0 amide bonds. The number of hydrogen-bond acceptors (Lipinski definition) is 4. The lowest BCUT2D eigenvalue weighted by Crippen LogP contribution is -2.36. The zero-order chi connectivity index (χ0) is 23.1. The summed E-state index contributed by atoms with van der Waals surface area (Å²) >= 11 is 13.1. The van der Waals surface area contributed by atoms with Gasteiger partial charge in [0, 0.05) is 46.9 Å². The highest BCUT2D eigenvalue weighted by Gasteiger charge is 2.40. The molecule has 0 aromatic heterocycles. The van der Waals surface area contributed by atoms with E-state index in [4.69, 9.17) is 27.9 Å². The molecule has 4 nitrogen and oxygen atoms in total. The van der Waals surface area contributed by atoms with Crippen molar-refractivity contribution in [3.05, 3.63) is 85.9 Å². The van der Waals surface area contributed by atoms with E-state index >= 15 is 0 Å². The number of dihydropyridines is 1. The highest BCUT2D eigenvalue weighted by molar-refractivity contribution is 6.37. The van der Waals surface area contributed by atoms with Crippen molar-refractivity contribution in [2.24, 2.45) is 0 Å².